The molecule has 30 heavy (non-hydrogen) atoms. The number of benzene rings is 2. The Balaban J connectivity index is 1.36. The minimum atomic E-state index is -0.0502. The number of fused-ring (bicyclic) bond motifs is 1. The fourth-order valence-electron chi connectivity index (χ4n) is 3.89. The first kappa shape index (κ1) is 20.3. The Kier molecular flexibility index (Phi) is 6.24. The summed E-state index contributed by atoms with van der Waals surface area (Å²) < 4.78 is 0. The molecule has 2 aromatic carbocycles. The molecule has 0 atom stereocenters. The van der Waals surface area contributed by atoms with Crippen LogP contribution in [0.2, 0.25) is 0 Å². The molecule has 0 saturated heterocycles. The molecule has 3 aromatic rings. The molecule has 0 fully saturated rings. The molecule has 4 heteroatoms. The van der Waals surface area contributed by atoms with Crippen molar-refractivity contribution in [3.8, 4) is 11.3 Å². The van der Waals surface area contributed by atoms with E-state index in [9.17, 15) is 4.79 Å². The first-order valence-corrected chi connectivity index (χ1v) is 10.7. The van der Waals surface area contributed by atoms with Gasteiger partial charge in [-0.3, -0.25) is 9.78 Å². The van der Waals surface area contributed by atoms with Crippen LogP contribution in [-0.4, -0.2) is 23.5 Å². The van der Waals surface area contributed by atoms with Crippen LogP contribution >= 0.6 is 0 Å². The Morgan fingerprint density at radius 2 is 1.73 bits per heavy atom. The van der Waals surface area contributed by atoms with Crippen LogP contribution in [-0.2, 0) is 19.4 Å². The van der Waals surface area contributed by atoms with E-state index in [0.717, 1.165) is 30.6 Å². The number of amides is 1. The van der Waals surface area contributed by atoms with Gasteiger partial charge in [0.05, 0.1) is 5.69 Å². The highest BCUT2D eigenvalue weighted by Gasteiger charge is 2.20. The van der Waals surface area contributed by atoms with Crippen LogP contribution in [0, 0.1) is 5.92 Å². The van der Waals surface area contributed by atoms with Gasteiger partial charge in [0, 0.05) is 36.5 Å². The van der Waals surface area contributed by atoms with Gasteiger partial charge in [-0.25, -0.2) is 0 Å². The van der Waals surface area contributed by atoms with Gasteiger partial charge in [-0.2, -0.15) is 0 Å². The van der Waals surface area contributed by atoms with Crippen LogP contribution in [0.4, 0.5) is 0 Å². The number of aromatic nitrogens is 1. The van der Waals surface area contributed by atoms with Crippen molar-refractivity contribution in [2.24, 2.45) is 5.92 Å². The van der Waals surface area contributed by atoms with Gasteiger partial charge in [0.15, 0.2) is 0 Å². The number of nitrogens with zero attached hydrogens (tertiary/aromatic N) is 1. The molecule has 1 heterocycles. The van der Waals surface area contributed by atoms with Crippen LogP contribution in [0.5, 0.6) is 0 Å². The van der Waals surface area contributed by atoms with Crippen molar-refractivity contribution in [3.63, 3.8) is 0 Å². The van der Waals surface area contributed by atoms with E-state index in [1.807, 2.05) is 6.07 Å². The summed E-state index contributed by atoms with van der Waals surface area (Å²) in [5, 5.41) is 6.64. The third-order valence-corrected chi connectivity index (χ3v) is 5.59. The topological polar surface area (TPSA) is 54.0 Å². The molecule has 1 aromatic heterocycles. The summed E-state index contributed by atoms with van der Waals surface area (Å²) in [5.41, 5.74) is 6.67. The minimum absolute atomic E-state index is 0.0502. The standard InChI is InChI=1S/C26H29N3O/c1-18(2)16-29-26(30)23-11-12-27-25(15-23)20-9-7-19(8-10-20)17-28-24-13-21-5-3-4-6-22(21)14-24/h3-12,15,18,24,28H,13-14,16-17H2,1-2H3,(H,29,30). The maximum Gasteiger partial charge on any atom is 0.251 e. The van der Waals surface area contributed by atoms with Crippen LogP contribution in [0.3, 0.4) is 0 Å². The second kappa shape index (κ2) is 9.23. The lowest BCUT2D eigenvalue weighted by atomic mass is 10.1. The Morgan fingerprint density at radius 1 is 1.03 bits per heavy atom. The van der Waals surface area contributed by atoms with Gasteiger partial charge in [-0.1, -0.05) is 62.4 Å². The Hall–Kier alpha value is -2.98. The maximum atomic E-state index is 12.3. The third-order valence-electron chi connectivity index (χ3n) is 5.59. The van der Waals surface area contributed by atoms with Gasteiger partial charge in [0.1, 0.15) is 0 Å². The third kappa shape index (κ3) is 4.95. The van der Waals surface area contributed by atoms with Gasteiger partial charge in [0.25, 0.3) is 5.91 Å². The minimum Gasteiger partial charge on any atom is -0.352 e. The van der Waals surface area contributed by atoms with Crippen molar-refractivity contribution in [2.45, 2.75) is 39.3 Å². The number of pyridine rings is 1. The Labute approximate surface area is 178 Å². The zero-order chi connectivity index (χ0) is 20.9. The SMILES string of the molecule is CC(C)CNC(=O)c1ccnc(-c2ccc(CNC3Cc4ccccc4C3)cc2)c1. The zero-order valence-electron chi connectivity index (χ0n) is 17.7. The highest BCUT2D eigenvalue weighted by atomic mass is 16.1. The lowest BCUT2D eigenvalue weighted by molar-refractivity contribution is 0.0949. The van der Waals surface area contributed by atoms with Gasteiger partial charge in [-0.15, -0.1) is 0 Å². The van der Waals surface area contributed by atoms with Crippen LogP contribution in [0.15, 0.2) is 66.9 Å². The van der Waals surface area contributed by atoms with E-state index in [1.54, 1.807) is 12.3 Å². The lowest BCUT2D eigenvalue weighted by Gasteiger charge is -2.12. The van der Waals surface area contributed by atoms with E-state index in [0.29, 0.717) is 24.1 Å². The number of carbonyl (C=O) groups excluding carboxylic acids is 1. The predicted molar refractivity (Wildman–Crippen MR) is 121 cm³/mol. The van der Waals surface area contributed by atoms with Gasteiger partial charge in [0.2, 0.25) is 0 Å². The second-order valence-corrected chi connectivity index (χ2v) is 8.49. The number of hydrogen-bond donors (Lipinski definition) is 2. The van der Waals surface area contributed by atoms with Crippen LogP contribution in [0.1, 0.15) is 40.9 Å². The normalized spacial score (nSPS) is 13.4. The summed E-state index contributed by atoms with van der Waals surface area (Å²) in [7, 11) is 0. The predicted octanol–water partition coefficient (Wildman–Crippen LogP) is 4.39. The molecule has 0 radical (unpaired) electrons. The number of hydrogen-bond acceptors (Lipinski definition) is 3. The molecule has 4 nitrogen and oxygen atoms in total. The average molecular weight is 400 g/mol. The smallest absolute Gasteiger partial charge is 0.251 e. The van der Waals surface area contributed by atoms with Gasteiger partial charge >= 0.3 is 0 Å². The Bertz CT molecular complexity index is 986. The summed E-state index contributed by atoms with van der Waals surface area (Å²) in [6, 6.07) is 21.3. The van der Waals surface area contributed by atoms with Crippen molar-refractivity contribution in [1.82, 2.24) is 15.6 Å². The molecular weight excluding hydrogens is 370 g/mol. The molecule has 154 valence electrons. The van der Waals surface area contributed by atoms with Gasteiger partial charge < -0.3 is 10.6 Å². The average Bonchev–Trinajstić information content (AvgIpc) is 3.19. The molecule has 4 rings (SSSR count). The molecule has 1 amide bonds. The molecule has 0 spiro atoms. The summed E-state index contributed by atoms with van der Waals surface area (Å²) in [5.74, 6) is 0.376. The molecule has 0 bridgehead atoms. The summed E-state index contributed by atoms with van der Waals surface area (Å²) in [6.45, 7) is 5.69. The van der Waals surface area contributed by atoms with E-state index in [2.05, 4.69) is 78.0 Å². The number of rotatable bonds is 7. The van der Waals surface area contributed by atoms with Crippen molar-refractivity contribution in [2.75, 3.05) is 6.54 Å². The van der Waals surface area contributed by atoms with E-state index in [-0.39, 0.29) is 5.91 Å². The van der Waals surface area contributed by atoms with E-state index in [1.165, 1.54) is 16.7 Å². The molecule has 0 unspecified atom stereocenters. The number of nitrogens with one attached hydrogen (secondary N) is 2. The highest BCUT2D eigenvalue weighted by molar-refractivity contribution is 5.95. The monoisotopic (exact) mass is 399 g/mol. The van der Waals surface area contributed by atoms with Gasteiger partial charge in [-0.05, 0) is 47.6 Å². The lowest BCUT2D eigenvalue weighted by Crippen LogP contribution is -2.28. The second-order valence-electron chi connectivity index (χ2n) is 8.49. The fourth-order valence-corrected chi connectivity index (χ4v) is 3.89. The summed E-state index contributed by atoms with van der Waals surface area (Å²) >= 11 is 0. The molecular formula is C26H29N3O. The van der Waals surface area contributed by atoms with E-state index < -0.39 is 0 Å². The van der Waals surface area contributed by atoms with E-state index in [4.69, 9.17) is 0 Å². The first-order valence-electron chi connectivity index (χ1n) is 10.7. The largest absolute Gasteiger partial charge is 0.352 e. The summed E-state index contributed by atoms with van der Waals surface area (Å²) in [6.07, 6.45) is 3.90. The fraction of sp³-hybridized carbons (Fsp3) is 0.308. The number of carbonyl (C=O) groups is 1. The molecule has 1 aliphatic carbocycles. The van der Waals surface area contributed by atoms with Crippen molar-refractivity contribution in [1.29, 1.82) is 0 Å². The summed E-state index contributed by atoms with van der Waals surface area (Å²) in [4.78, 5) is 16.8. The highest BCUT2D eigenvalue weighted by Crippen LogP contribution is 2.22. The Morgan fingerprint density at radius 3 is 2.40 bits per heavy atom. The van der Waals surface area contributed by atoms with Crippen LogP contribution in [0.25, 0.3) is 11.3 Å². The molecule has 2 N–H and O–H groups in total. The first-order chi connectivity index (χ1) is 14.6. The molecule has 0 aliphatic heterocycles. The van der Waals surface area contributed by atoms with Crippen molar-refractivity contribution >= 4 is 5.91 Å². The quantitative estimate of drug-likeness (QED) is 0.619. The maximum absolute atomic E-state index is 12.3. The van der Waals surface area contributed by atoms with Crippen molar-refractivity contribution < 1.29 is 4.79 Å². The zero-order valence-corrected chi connectivity index (χ0v) is 17.7. The molecule has 1 aliphatic rings. The van der Waals surface area contributed by atoms with E-state index >= 15 is 0 Å². The van der Waals surface area contributed by atoms with Crippen LogP contribution < -0.4 is 10.6 Å². The molecule has 0 saturated carbocycles. The van der Waals surface area contributed by atoms with Crippen molar-refractivity contribution in [3.05, 3.63) is 89.1 Å².